The Morgan fingerprint density at radius 2 is 1.79 bits per heavy atom. The molecule has 4 aromatic rings. The summed E-state index contributed by atoms with van der Waals surface area (Å²) in [5, 5.41) is 9.20. The first-order valence-corrected chi connectivity index (χ1v) is 9.75. The van der Waals surface area contributed by atoms with Crippen LogP contribution in [0.5, 0.6) is 0 Å². The summed E-state index contributed by atoms with van der Waals surface area (Å²) < 4.78 is 14.9. The van der Waals surface area contributed by atoms with E-state index in [9.17, 15) is 9.18 Å². The molecule has 0 aliphatic carbocycles. The largest absolute Gasteiger partial charge is 0.326 e. The summed E-state index contributed by atoms with van der Waals surface area (Å²) in [6.07, 6.45) is 0.966. The lowest BCUT2D eigenvalue weighted by molar-refractivity contribution is -0.116. The van der Waals surface area contributed by atoms with Crippen LogP contribution in [0.4, 0.5) is 10.1 Å². The smallest absolute Gasteiger partial charge is 0.224 e. The van der Waals surface area contributed by atoms with Gasteiger partial charge in [-0.05, 0) is 48.9 Å². The molecule has 1 heterocycles. The van der Waals surface area contributed by atoms with Crippen LogP contribution in [-0.4, -0.2) is 15.7 Å². The number of fused-ring (bicyclic) bond motifs is 1. The summed E-state index contributed by atoms with van der Waals surface area (Å²) >= 11 is 6.21. The molecular weight excluding hydrogens is 389 g/mol. The quantitative estimate of drug-likeness (QED) is 0.431. The van der Waals surface area contributed by atoms with Gasteiger partial charge in [-0.25, -0.2) is 4.39 Å². The number of halogens is 2. The number of nitrogens with one attached hydrogen (secondary N) is 1. The fourth-order valence-corrected chi connectivity index (χ4v) is 3.45. The van der Waals surface area contributed by atoms with Crippen molar-refractivity contribution in [3.05, 3.63) is 83.6 Å². The molecule has 0 radical (unpaired) electrons. The molecule has 0 bridgehead atoms. The number of rotatable bonds is 6. The van der Waals surface area contributed by atoms with E-state index >= 15 is 0 Å². The molecule has 0 saturated heterocycles. The van der Waals surface area contributed by atoms with Crippen molar-refractivity contribution in [1.29, 1.82) is 0 Å². The number of hydrogen-bond donors (Lipinski definition) is 1. The zero-order valence-corrected chi connectivity index (χ0v) is 16.4. The summed E-state index contributed by atoms with van der Waals surface area (Å²) in [5.74, 6) is -0.442. The summed E-state index contributed by atoms with van der Waals surface area (Å²) in [6, 6.07) is 21.4. The Morgan fingerprint density at radius 3 is 2.55 bits per heavy atom. The van der Waals surface area contributed by atoms with Crippen molar-refractivity contribution in [2.45, 2.75) is 19.4 Å². The average molecular weight is 408 g/mol. The number of aromatic nitrogens is 2. The number of anilines is 1. The Balaban J connectivity index is 1.48. The highest BCUT2D eigenvalue weighted by molar-refractivity contribution is 6.31. The van der Waals surface area contributed by atoms with Gasteiger partial charge in [-0.15, -0.1) is 0 Å². The van der Waals surface area contributed by atoms with Crippen LogP contribution in [0.25, 0.3) is 22.2 Å². The van der Waals surface area contributed by atoms with E-state index in [4.69, 9.17) is 16.7 Å². The third kappa shape index (κ3) is 4.46. The maximum absolute atomic E-state index is 13.0. The third-order valence-corrected chi connectivity index (χ3v) is 4.90. The summed E-state index contributed by atoms with van der Waals surface area (Å²) in [5.41, 5.74) is 3.46. The van der Waals surface area contributed by atoms with E-state index in [-0.39, 0.29) is 11.7 Å². The standard InChI is InChI=1S/C23H19ClFN3O/c24-17-8-13-21-20(15-17)23(16-5-2-1-3-6-16)27-28(21)14-4-7-22(29)26-19-11-9-18(25)10-12-19/h1-3,5-6,8-13,15H,4,7,14H2,(H,26,29). The molecule has 3 aromatic carbocycles. The van der Waals surface area contributed by atoms with E-state index in [0.717, 1.165) is 22.2 Å². The molecule has 0 aliphatic rings. The minimum Gasteiger partial charge on any atom is -0.326 e. The van der Waals surface area contributed by atoms with E-state index in [1.54, 1.807) is 12.1 Å². The molecule has 0 unspecified atom stereocenters. The second kappa shape index (κ2) is 8.45. The van der Waals surface area contributed by atoms with Crippen molar-refractivity contribution >= 4 is 34.1 Å². The molecular formula is C23H19ClFN3O. The highest BCUT2D eigenvalue weighted by Crippen LogP contribution is 2.30. The summed E-state index contributed by atoms with van der Waals surface area (Å²) in [7, 11) is 0. The number of benzene rings is 3. The fourth-order valence-electron chi connectivity index (χ4n) is 3.28. The molecule has 146 valence electrons. The Labute approximate surface area is 172 Å². The third-order valence-electron chi connectivity index (χ3n) is 4.66. The lowest BCUT2D eigenvalue weighted by Gasteiger charge is -2.06. The molecule has 0 atom stereocenters. The first-order valence-electron chi connectivity index (χ1n) is 9.37. The van der Waals surface area contributed by atoms with Gasteiger partial charge < -0.3 is 5.32 Å². The Bertz CT molecular complexity index is 1140. The van der Waals surface area contributed by atoms with Gasteiger partial charge in [0.2, 0.25) is 5.91 Å². The SMILES string of the molecule is O=C(CCCn1nc(-c2ccccc2)c2cc(Cl)ccc21)Nc1ccc(F)cc1. The maximum Gasteiger partial charge on any atom is 0.224 e. The molecule has 0 aliphatic heterocycles. The van der Waals surface area contributed by atoms with E-state index in [2.05, 4.69) is 5.32 Å². The van der Waals surface area contributed by atoms with Crippen LogP contribution >= 0.6 is 11.6 Å². The van der Waals surface area contributed by atoms with Gasteiger partial charge in [-0.3, -0.25) is 9.48 Å². The van der Waals surface area contributed by atoms with Gasteiger partial charge in [0.05, 0.1) is 5.52 Å². The van der Waals surface area contributed by atoms with Crippen LogP contribution < -0.4 is 5.32 Å². The number of amides is 1. The monoisotopic (exact) mass is 407 g/mol. The number of carbonyl (C=O) groups excluding carboxylic acids is 1. The van der Waals surface area contributed by atoms with E-state index in [0.29, 0.717) is 30.1 Å². The van der Waals surface area contributed by atoms with E-state index in [1.165, 1.54) is 12.1 Å². The Morgan fingerprint density at radius 1 is 1.03 bits per heavy atom. The van der Waals surface area contributed by atoms with Crippen molar-refractivity contribution < 1.29 is 9.18 Å². The fraction of sp³-hybridized carbons (Fsp3) is 0.130. The first kappa shape index (κ1) is 19.2. The first-order chi connectivity index (χ1) is 14.1. The summed E-state index contributed by atoms with van der Waals surface area (Å²) in [6.45, 7) is 0.599. The second-order valence-electron chi connectivity index (χ2n) is 6.76. The van der Waals surface area contributed by atoms with Crippen LogP contribution in [0, 0.1) is 5.82 Å². The van der Waals surface area contributed by atoms with Crippen molar-refractivity contribution in [2.24, 2.45) is 0 Å². The molecule has 6 heteroatoms. The van der Waals surface area contributed by atoms with Crippen LogP contribution in [-0.2, 0) is 11.3 Å². The lowest BCUT2D eigenvalue weighted by Crippen LogP contribution is -2.12. The van der Waals surface area contributed by atoms with Gasteiger partial charge in [-0.2, -0.15) is 5.10 Å². The van der Waals surface area contributed by atoms with Crippen molar-refractivity contribution in [3.8, 4) is 11.3 Å². The van der Waals surface area contributed by atoms with Gasteiger partial charge in [0.1, 0.15) is 11.5 Å². The second-order valence-corrected chi connectivity index (χ2v) is 7.19. The van der Waals surface area contributed by atoms with Crippen LogP contribution in [0.2, 0.25) is 5.02 Å². The lowest BCUT2D eigenvalue weighted by atomic mass is 10.1. The van der Waals surface area contributed by atoms with E-state index < -0.39 is 0 Å². The molecule has 29 heavy (non-hydrogen) atoms. The zero-order chi connectivity index (χ0) is 20.2. The average Bonchev–Trinajstić information content (AvgIpc) is 3.08. The van der Waals surface area contributed by atoms with Gasteiger partial charge in [0, 0.05) is 34.6 Å². The maximum atomic E-state index is 13.0. The Kier molecular flexibility index (Phi) is 5.58. The molecule has 0 spiro atoms. The number of carbonyl (C=O) groups is 1. The van der Waals surface area contributed by atoms with Gasteiger partial charge in [0.25, 0.3) is 0 Å². The normalized spacial score (nSPS) is 11.0. The Hall–Kier alpha value is -3.18. The minimum atomic E-state index is -0.331. The number of hydrogen-bond acceptors (Lipinski definition) is 2. The topological polar surface area (TPSA) is 46.9 Å². The van der Waals surface area contributed by atoms with Gasteiger partial charge >= 0.3 is 0 Å². The predicted molar refractivity (Wildman–Crippen MR) is 114 cm³/mol. The van der Waals surface area contributed by atoms with E-state index in [1.807, 2.05) is 53.2 Å². The van der Waals surface area contributed by atoms with Crippen molar-refractivity contribution in [3.63, 3.8) is 0 Å². The molecule has 1 N–H and O–H groups in total. The van der Waals surface area contributed by atoms with Crippen molar-refractivity contribution in [1.82, 2.24) is 9.78 Å². The van der Waals surface area contributed by atoms with Crippen LogP contribution in [0.3, 0.4) is 0 Å². The van der Waals surface area contributed by atoms with Gasteiger partial charge in [0.15, 0.2) is 0 Å². The van der Waals surface area contributed by atoms with Crippen LogP contribution in [0.15, 0.2) is 72.8 Å². The highest BCUT2D eigenvalue weighted by Gasteiger charge is 2.13. The molecule has 4 nitrogen and oxygen atoms in total. The zero-order valence-electron chi connectivity index (χ0n) is 15.6. The molecule has 0 fully saturated rings. The minimum absolute atomic E-state index is 0.112. The molecule has 4 rings (SSSR count). The molecule has 1 amide bonds. The number of nitrogens with zero attached hydrogens (tertiary/aromatic N) is 2. The van der Waals surface area contributed by atoms with Crippen molar-refractivity contribution in [2.75, 3.05) is 5.32 Å². The summed E-state index contributed by atoms with van der Waals surface area (Å²) in [4.78, 5) is 12.2. The number of aryl methyl sites for hydroxylation is 1. The van der Waals surface area contributed by atoms with Crippen LogP contribution in [0.1, 0.15) is 12.8 Å². The molecule has 1 aromatic heterocycles. The highest BCUT2D eigenvalue weighted by atomic mass is 35.5. The molecule has 0 saturated carbocycles. The predicted octanol–water partition coefficient (Wildman–Crippen LogP) is 5.91. The van der Waals surface area contributed by atoms with Gasteiger partial charge in [-0.1, -0.05) is 41.9 Å².